The maximum atomic E-state index is 12.8. The number of aryl methyl sites for hydroxylation is 1. The molecule has 33 heavy (non-hydrogen) atoms. The van der Waals surface area contributed by atoms with E-state index in [0.717, 1.165) is 26.4 Å². The Morgan fingerprint density at radius 3 is 2.73 bits per heavy atom. The number of fused-ring (bicyclic) bond motifs is 2. The Hall–Kier alpha value is -2.87. The number of anilines is 1. The number of H-pyrrole nitrogens is 1. The van der Waals surface area contributed by atoms with Crippen LogP contribution in [-0.4, -0.2) is 45.0 Å². The Bertz CT molecular complexity index is 1400. The van der Waals surface area contributed by atoms with Crippen LogP contribution in [0, 0.1) is 18.3 Å². The van der Waals surface area contributed by atoms with Crippen LogP contribution in [0.2, 0.25) is 5.02 Å². The number of aromatic nitrogens is 4. The molecule has 1 aromatic carbocycles. The molecule has 0 bridgehead atoms. The molecule has 1 fully saturated rings. The van der Waals surface area contributed by atoms with Crippen LogP contribution in [0.15, 0.2) is 18.3 Å². The fraction of sp³-hybridized carbons (Fsp3) is 0.364. The van der Waals surface area contributed by atoms with Gasteiger partial charge < -0.3 is 15.6 Å². The van der Waals surface area contributed by atoms with Gasteiger partial charge in [0, 0.05) is 42.4 Å². The number of rotatable bonds is 4. The Labute approximate surface area is 197 Å². The first-order valence-corrected chi connectivity index (χ1v) is 11.6. The third-order valence-corrected chi connectivity index (χ3v) is 7.63. The van der Waals surface area contributed by atoms with Crippen molar-refractivity contribution in [3.8, 4) is 17.2 Å². The first-order valence-electron chi connectivity index (χ1n) is 10.5. The van der Waals surface area contributed by atoms with Gasteiger partial charge >= 0.3 is 0 Å². The summed E-state index contributed by atoms with van der Waals surface area (Å²) in [5, 5.41) is 11.9. The Balaban J connectivity index is 1.52. The number of thiazole rings is 1. The number of piperidine rings is 1. The number of alkyl halides is 2. The van der Waals surface area contributed by atoms with Gasteiger partial charge in [-0.3, -0.25) is 0 Å². The lowest BCUT2D eigenvalue weighted by molar-refractivity contribution is 0.0953. The second-order valence-electron chi connectivity index (χ2n) is 8.36. The third-order valence-electron chi connectivity index (χ3n) is 6.12. The average molecular weight is 488 g/mol. The van der Waals surface area contributed by atoms with E-state index in [9.17, 15) is 14.0 Å². The van der Waals surface area contributed by atoms with E-state index in [-0.39, 0.29) is 12.1 Å². The molecule has 4 aromatic rings. The molecular weight excluding hydrogens is 468 g/mol. The molecule has 0 unspecified atom stereocenters. The number of nitrogens with two attached hydrogens (primary N) is 1. The number of hydrogen-bond acceptors (Lipinski definition) is 7. The minimum Gasteiger partial charge on any atom is -0.345 e. The quantitative estimate of drug-likeness (QED) is 0.418. The van der Waals surface area contributed by atoms with Gasteiger partial charge in [-0.15, -0.1) is 11.3 Å². The van der Waals surface area contributed by atoms with Gasteiger partial charge in [0.15, 0.2) is 5.69 Å². The van der Waals surface area contributed by atoms with Crippen LogP contribution in [-0.2, 0) is 0 Å². The highest BCUT2D eigenvalue weighted by Gasteiger charge is 2.34. The number of nitrogens with one attached hydrogen (secondary N) is 1. The normalized spacial score (nSPS) is 16.1. The third kappa shape index (κ3) is 3.90. The van der Waals surface area contributed by atoms with Crippen molar-refractivity contribution < 1.29 is 8.78 Å². The Morgan fingerprint density at radius 1 is 1.27 bits per heavy atom. The van der Waals surface area contributed by atoms with E-state index < -0.39 is 12.0 Å². The van der Waals surface area contributed by atoms with Gasteiger partial charge in [0.25, 0.3) is 0 Å². The predicted molar refractivity (Wildman–Crippen MR) is 126 cm³/mol. The second-order valence-corrected chi connectivity index (χ2v) is 9.94. The van der Waals surface area contributed by atoms with Crippen molar-refractivity contribution >= 4 is 50.1 Å². The molecule has 0 saturated carbocycles. The van der Waals surface area contributed by atoms with Crippen molar-refractivity contribution in [1.82, 2.24) is 19.9 Å². The molecule has 3 N–H and O–H groups in total. The number of aromatic amines is 1. The van der Waals surface area contributed by atoms with E-state index in [1.54, 1.807) is 6.20 Å². The highest BCUT2D eigenvalue weighted by Crippen LogP contribution is 2.40. The molecular formula is C22H20ClF2N7S. The van der Waals surface area contributed by atoms with E-state index in [0.29, 0.717) is 47.9 Å². The van der Waals surface area contributed by atoms with Gasteiger partial charge in [-0.2, -0.15) is 10.2 Å². The summed E-state index contributed by atoms with van der Waals surface area (Å²) in [4.78, 5) is 18.6. The van der Waals surface area contributed by atoms with Gasteiger partial charge in [-0.05, 0) is 25.8 Å². The highest BCUT2D eigenvalue weighted by atomic mass is 35.5. The van der Waals surface area contributed by atoms with Crippen LogP contribution in [0.4, 0.5) is 14.7 Å². The topological polar surface area (TPSA) is 108 Å². The van der Waals surface area contributed by atoms with Crippen LogP contribution >= 0.6 is 22.9 Å². The number of hydrogen-bond donors (Lipinski definition) is 2. The Kier molecular flexibility index (Phi) is 5.43. The smallest absolute Gasteiger partial charge is 0.240 e. The summed E-state index contributed by atoms with van der Waals surface area (Å²) in [5.74, 6) is 0.381. The van der Waals surface area contributed by atoms with E-state index in [4.69, 9.17) is 17.3 Å². The number of nitrogens with zero attached hydrogens (tertiary/aromatic N) is 5. The van der Waals surface area contributed by atoms with E-state index >= 15 is 0 Å². The van der Waals surface area contributed by atoms with Gasteiger partial charge in [-0.25, -0.2) is 18.7 Å². The summed E-state index contributed by atoms with van der Waals surface area (Å²) < 4.78 is 26.6. The molecule has 7 nitrogen and oxygen atoms in total. The van der Waals surface area contributed by atoms with Crippen LogP contribution in [0.1, 0.15) is 30.0 Å². The second kappa shape index (κ2) is 8.17. The molecule has 3 aromatic heterocycles. The molecule has 0 amide bonds. The standard InChI is InChI=1S/C22H20ClF2N7S/c1-11-29-14-3-2-12(18(23)19(14)33-11)13-10-28-20-17(13)15(9-26)30-21(31-20)32-6-4-22(27,5-7-32)8-16(24)25/h2-3,10,16H,4-8,27H2,1H3,(H,28,30,31). The molecule has 0 spiro atoms. The maximum Gasteiger partial charge on any atom is 0.240 e. The molecule has 0 aliphatic carbocycles. The summed E-state index contributed by atoms with van der Waals surface area (Å²) in [6.45, 7) is 2.82. The lowest BCUT2D eigenvalue weighted by Gasteiger charge is -2.39. The number of benzene rings is 1. The van der Waals surface area contributed by atoms with Crippen molar-refractivity contribution in [2.75, 3.05) is 18.0 Å². The van der Waals surface area contributed by atoms with Crippen molar-refractivity contribution in [2.45, 2.75) is 38.2 Å². The van der Waals surface area contributed by atoms with Crippen LogP contribution < -0.4 is 10.6 Å². The van der Waals surface area contributed by atoms with Crippen molar-refractivity contribution in [3.63, 3.8) is 0 Å². The Morgan fingerprint density at radius 2 is 2.03 bits per heavy atom. The van der Waals surface area contributed by atoms with Gasteiger partial charge in [0.2, 0.25) is 12.4 Å². The maximum absolute atomic E-state index is 12.8. The van der Waals surface area contributed by atoms with Crippen LogP contribution in [0.5, 0.6) is 0 Å². The summed E-state index contributed by atoms with van der Waals surface area (Å²) in [6, 6.07) is 5.97. The highest BCUT2D eigenvalue weighted by molar-refractivity contribution is 7.19. The minimum absolute atomic E-state index is 0.222. The van der Waals surface area contributed by atoms with E-state index in [1.165, 1.54) is 11.3 Å². The zero-order valence-electron chi connectivity index (χ0n) is 17.7. The summed E-state index contributed by atoms with van der Waals surface area (Å²) in [7, 11) is 0. The minimum atomic E-state index is -2.43. The molecule has 170 valence electrons. The molecule has 11 heteroatoms. The van der Waals surface area contributed by atoms with E-state index in [1.807, 2.05) is 24.0 Å². The fourth-order valence-electron chi connectivity index (χ4n) is 4.40. The zero-order valence-corrected chi connectivity index (χ0v) is 19.3. The van der Waals surface area contributed by atoms with Crippen molar-refractivity contribution in [1.29, 1.82) is 5.26 Å². The lowest BCUT2D eigenvalue weighted by Crippen LogP contribution is -2.51. The fourth-order valence-corrected chi connectivity index (χ4v) is 5.63. The van der Waals surface area contributed by atoms with Crippen LogP contribution in [0.25, 0.3) is 32.4 Å². The van der Waals surface area contributed by atoms with Crippen molar-refractivity contribution in [3.05, 3.63) is 34.1 Å². The first-order chi connectivity index (χ1) is 15.8. The molecule has 1 saturated heterocycles. The monoisotopic (exact) mass is 487 g/mol. The summed E-state index contributed by atoms with van der Waals surface area (Å²) >= 11 is 8.23. The van der Waals surface area contributed by atoms with Gasteiger partial charge in [0.05, 0.1) is 25.6 Å². The molecule has 0 atom stereocenters. The molecule has 4 heterocycles. The SMILES string of the molecule is Cc1nc2ccc(-c3c[nH]c4nc(N5CCC(N)(CC(F)F)CC5)nc(C#N)c34)c(Cl)c2s1. The molecule has 0 radical (unpaired) electrons. The molecule has 1 aliphatic heterocycles. The number of nitriles is 1. The van der Waals surface area contributed by atoms with Crippen molar-refractivity contribution in [2.24, 2.45) is 5.73 Å². The first kappa shape index (κ1) is 21.9. The largest absolute Gasteiger partial charge is 0.345 e. The number of halogens is 3. The van der Waals surface area contributed by atoms with E-state index in [2.05, 4.69) is 26.0 Å². The van der Waals surface area contributed by atoms with Gasteiger partial charge in [-0.1, -0.05) is 17.7 Å². The van der Waals surface area contributed by atoms with Crippen LogP contribution in [0.3, 0.4) is 0 Å². The summed E-state index contributed by atoms with van der Waals surface area (Å²) in [5.41, 5.74) is 8.33. The zero-order chi connectivity index (χ0) is 23.3. The summed E-state index contributed by atoms with van der Waals surface area (Å²) in [6.07, 6.45) is -0.180. The predicted octanol–water partition coefficient (Wildman–Crippen LogP) is 5.02. The average Bonchev–Trinajstić information content (AvgIpc) is 3.36. The molecule has 1 aliphatic rings. The molecule has 5 rings (SSSR count). The lowest BCUT2D eigenvalue weighted by atomic mass is 9.86. The van der Waals surface area contributed by atoms with Gasteiger partial charge in [0.1, 0.15) is 11.7 Å².